The van der Waals surface area contributed by atoms with Gasteiger partial charge < -0.3 is 10.1 Å². The third-order valence-corrected chi connectivity index (χ3v) is 7.49. The minimum atomic E-state index is -4.68. The van der Waals surface area contributed by atoms with Crippen molar-refractivity contribution in [3.05, 3.63) is 59.2 Å². The Bertz CT molecular complexity index is 1400. The fourth-order valence-corrected chi connectivity index (χ4v) is 5.10. The number of benzene rings is 2. The molecule has 2 unspecified atom stereocenters. The molecule has 0 radical (unpaired) electrons. The molecule has 1 heterocycles. The van der Waals surface area contributed by atoms with Crippen LogP contribution in [0.4, 0.5) is 23.7 Å². The lowest BCUT2D eigenvalue weighted by molar-refractivity contribution is -0.188. The van der Waals surface area contributed by atoms with Gasteiger partial charge in [-0.05, 0) is 75.6 Å². The maximum atomic E-state index is 13.8. The normalized spacial score (nSPS) is 17.3. The Morgan fingerprint density at radius 3 is 2.10 bits per heavy atom. The molecular weight excluding hydrogens is 537 g/mol. The van der Waals surface area contributed by atoms with E-state index < -0.39 is 57.3 Å². The lowest BCUT2D eigenvalue weighted by atomic mass is 9.77. The highest BCUT2D eigenvalue weighted by atomic mass is 32.2. The maximum Gasteiger partial charge on any atom is 0.411 e. The predicted molar refractivity (Wildman–Crippen MR) is 138 cm³/mol. The molecule has 212 valence electrons. The smallest absolute Gasteiger partial charge is 0.411 e. The van der Waals surface area contributed by atoms with E-state index in [2.05, 4.69) is 5.32 Å². The molecule has 2 amide bonds. The summed E-state index contributed by atoms with van der Waals surface area (Å²) < 4.78 is 71.0. The maximum absolute atomic E-state index is 13.8. The number of ketones is 1. The number of ether oxygens (including phenoxy) is 1. The van der Waals surface area contributed by atoms with Crippen molar-refractivity contribution in [2.45, 2.75) is 75.7 Å². The van der Waals surface area contributed by atoms with Crippen molar-refractivity contribution in [3.8, 4) is 0 Å². The average molecular weight is 569 g/mol. The van der Waals surface area contributed by atoms with Crippen molar-refractivity contribution >= 4 is 33.3 Å². The number of fused-ring (bicyclic) bond motifs is 1. The van der Waals surface area contributed by atoms with Crippen molar-refractivity contribution in [1.82, 2.24) is 4.90 Å². The molecule has 39 heavy (non-hydrogen) atoms. The van der Waals surface area contributed by atoms with E-state index in [9.17, 15) is 36.0 Å². The van der Waals surface area contributed by atoms with Crippen LogP contribution in [0.3, 0.4) is 0 Å². The molecule has 3 rings (SSSR count). The number of carbonyl (C=O) groups excluding carboxylic acids is 3. The Kier molecular flexibility index (Phi) is 7.95. The zero-order valence-corrected chi connectivity index (χ0v) is 23.3. The number of rotatable bonds is 6. The van der Waals surface area contributed by atoms with Crippen molar-refractivity contribution in [3.63, 3.8) is 0 Å². The summed E-state index contributed by atoms with van der Waals surface area (Å²) >= 11 is 0. The third-order valence-electron chi connectivity index (χ3n) is 6.38. The zero-order valence-electron chi connectivity index (χ0n) is 22.5. The SMILES string of the molecule is CC(=O)CC(C)(c1ccc(NC(=O)C2c3ccc(S(C)(=O)=O)cc3CN2C(=O)OC(C)(C)C)cc1)C(F)(F)F. The lowest BCUT2D eigenvalue weighted by Crippen LogP contribution is -2.41. The summed E-state index contributed by atoms with van der Waals surface area (Å²) in [6.45, 7) is 6.93. The molecule has 2 aromatic rings. The van der Waals surface area contributed by atoms with Gasteiger partial charge in [0.15, 0.2) is 9.84 Å². The van der Waals surface area contributed by atoms with Crippen LogP contribution in [0, 0.1) is 0 Å². The van der Waals surface area contributed by atoms with Gasteiger partial charge in [0.05, 0.1) is 16.9 Å². The van der Waals surface area contributed by atoms with Gasteiger partial charge in [-0.3, -0.25) is 14.5 Å². The number of sulfone groups is 1. The molecule has 1 aliphatic heterocycles. The van der Waals surface area contributed by atoms with E-state index >= 15 is 0 Å². The van der Waals surface area contributed by atoms with E-state index in [0.29, 0.717) is 11.1 Å². The van der Waals surface area contributed by atoms with Gasteiger partial charge in [-0.25, -0.2) is 13.2 Å². The van der Waals surface area contributed by atoms with E-state index in [1.54, 1.807) is 20.8 Å². The van der Waals surface area contributed by atoms with Gasteiger partial charge in [0.1, 0.15) is 17.4 Å². The van der Waals surface area contributed by atoms with Crippen LogP contribution in [0.2, 0.25) is 0 Å². The summed E-state index contributed by atoms with van der Waals surface area (Å²) in [5, 5.41) is 2.62. The number of hydrogen-bond donors (Lipinski definition) is 1. The second kappa shape index (κ2) is 10.3. The van der Waals surface area contributed by atoms with Crippen molar-refractivity contribution in [1.29, 1.82) is 0 Å². The highest BCUT2D eigenvalue weighted by molar-refractivity contribution is 7.90. The van der Waals surface area contributed by atoms with Crippen LogP contribution in [0.25, 0.3) is 0 Å². The van der Waals surface area contributed by atoms with Crippen LogP contribution in [-0.4, -0.2) is 49.1 Å². The van der Waals surface area contributed by atoms with Gasteiger partial charge in [-0.15, -0.1) is 0 Å². The Balaban J connectivity index is 1.94. The number of hydrogen-bond acceptors (Lipinski definition) is 6. The van der Waals surface area contributed by atoms with E-state index in [1.807, 2.05) is 0 Å². The third kappa shape index (κ3) is 6.60. The molecule has 0 aliphatic carbocycles. The molecule has 0 spiro atoms. The molecule has 2 atom stereocenters. The molecule has 8 nitrogen and oxygen atoms in total. The summed E-state index contributed by atoms with van der Waals surface area (Å²) in [7, 11) is -3.55. The number of Topliss-reactive ketones (excluding diaryl/α,β-unsaturated/α-hetero) is 1. The first-order chi connectivity index (χ1) is 17.7. The van der Waals surface area contributed by atoms with Crippen molar-refractivity contribution in [2.75, 3.05) is 11.6 Å². The van der Waals surface area contributed by atoms with Crippen LogP contribution in [0.15, 0.2) is 47.4 Å². The topological polar surface area (TPSA) is 110 Å². The molecular formula is C27H31F3N2O6S. The van der Waals surface area contributed by atoms with Crippen molar-refractivity contribution in [2.24, 2.45) is 0 Å². The first-order valence-corrected chi connectivity index (χ1v) is 13.9. The van der Waals surface area contributed by atoms with Gasteiger partial charge in [0.2, 0.25) is 0 Å². The molecule has 0 saturated heterocycles. The van der Waals surface area contributed by atoms with Gasteiger partial charge in [0, 0.05) is 18.4 Å². The summed E-state index contributed by atoms with van der Waals surface area (Å²) in [6, 6.07) is 7.99. The molecule has 1 aliphatic rings. The van der Waals surface area contributed by atoms with E-state index in [1.165, 1.54) is 47.4 Å². The van der Waals surface area contributed by atoms with Gasteiger partial charge >= 0.3 is 12.3 Å². The van der Waals surface area contributed by atoms with E-state index in [4.69, 9.17) is 4.74 Å². The molecule has 12 heteroatoms. The average Bonchev–Trinajstić information content (AvgIpc) is 3.16. The van der Waals surface area contributed by atoms with Gasteiger partial charge in [-0.1, -0.05) is 18.2 Å². The Morgan fingerprint density at radius 1 is 1.03 bits per heavy atom. The van der Waals surface area contributed by atoms with Crippen LogP contribution in [0.5, 0.6) is 0 Å². The van der Waals surface area contributed by atoms with Crippen LogP contribution in [0.1, 0.15) is 63.8 Å². The number of amides is 2. The summed E-state index contributed by atoms with van der Waals surface area (Å²) in [6.07, 6.45) is -5.17. The minimum Gasteiger partial charge on any atom is -0.444 e. The highest BCUT2D eigenvalue weighted by Crippen LogP contribution is 2.44. The molecule has 0 fully saturated rings. The molecule has 0 aromatic heterocycles. The summed E-state index contributed by atoms with van der Waals surface area (Å²) in [5.74, 6) is -1.28. The molecule has 1 N–H and O–H groups in total. The quantitative estimate of drug-likeness (QED) is 0.505. The number of halogens is 3. The van der Waals surface area contributed by atoms with Crippen LogP contribution < -0.4 is 5.32 Å². The first-order valence-electron chi connectivity index (χ1n) is 12.0. The standard InChI is InChI=1S/C27H31F3N2O6S/c1-16(33)14-26(5,27(28,29)30)18-7-9-19(10-8-18)31-23(34)22-21-12-11-20(39(6,36)37)13-17(21)15-32(22)24(35)38-25(2,3)4/h7-13,22H,14-15H2,1-6H3,(H,31,34). The largest absolute Gasteiger partial charge is 0.444 e. The van der Waals surface area contributed by atoms with Crippen LogP contribution >= 0.6 is 0 Å². The Morgan fingerprint density at radius 2 is 1.62 bits per heavy atom. The zero-order chi connectivity index (χ0) is 29.6. The van der Waals surface area contributed by atoms with Gasteiger partial charge in [0.25, 0.3) is 5.91 Å². The first kappa shape index (κ1) is 30.1. The predicted octanol–water partition coefficient (Wildman–Crippen LogP) is 5.32. The van der Waals surface area contributed by atoms with E-state index in [0.717, 1.165) is 20.1 Å². The molecule has 0 bridgehead atoms. The number of anilines is 1. The van der Waals surface area contributed by atoms with Gasteiger partial charge in [-0.2, -0.15) is 13.2 Å². The second-order valence-corrected chi connectivity index (χ2v) is 12.9. The number of nitrogens with one attached hydrogen (secondary N) is 1. The molecule has 2 aromatic carbocycles. The fourth-order valence-electron chi connectivity index (χ4n) is 4.43. The summed E-state index contributed by atoms with van der Waals surface area (Å²) in [4.78, 5) is 39.2. The van der Waals surface area contributed by atoms with Crippen LogP contribution in [-0.2, 0) is 36.1 Å². The second-order valence-electron chi connectivity index (χ2n) is 10.9. The summed E-state index contributed by atoms with van der Waals surface area (Å²) in [5.41, 5.74) is -2.40. The lowest BCUT2D eigenvalue weighted by Gasteiger charge is -2.32. The number of alkyl halides is 3. The number of nitrogens with zero attached hydrogens (tertiary/aromatic N) is 1. The Labute approximate surface area is 225 Å². The number of carbonyl (C=O) groups is 3. The molecule has 0 saturated carbocycles. The highest BCUT2D eigenvalue weighted by Gasteiger charge is 2.52. The monoisotopic (exact) mass is 568 g/mol. The Hall–Kier alpha value is -3.41. The minimum absolute atomic E-state index is 0.0281. The van der Waals surface area contributed by atoms with Crippen molar-refractivity contribution < 1.29 is 40.7 Å². The van der Waals surface area contributed by atoms with E-state index in [-0.39, 0.29) is 22.7 Å². The fraction of sp³-hybridized carbons (Fsp3) is 0.444.